The summed E-state index contributed by atoms with van der Waals surface area (Å²) >= 11 is 3.22. The molecule has 0 bridgehead atoms. The van der Waals surface area contributed by atoms with Gasteiger partial charge >= 0.3 is 11.9 Å². The number of benzene rings is 1. The number of anilines is 1. The number of aromatic carboxylic acids is 2. The summed E-state index contributed by atoms with van der Waals surface area (Å²) in [6.07, 6.45) is 0. The highest BCUT2D eigenvalue weighted by Crippen LogP contribution is 2.36. The number of pyridine rings is 1. The van der Waals surface area contributed by atoms with Crippen molar-refractivity contribution in [3.05, 3.63) is 44.2 Å². The van der Waals surface area contributed by atoms with E-state index in [1.807, 2.05) is 4.98 Å². The first-order valence-corrected chi connectivity index (χ1v) is 6.93. The Labute approximate surface area is 137 Å². The van der Waals surface area contributed by atoms with Crippen molar-refractivity contribution in [3.8, 4) is 16.9 Å². The molecule has 5 N–H and O–H groups in total. The Kier molecular flexibility index (Phi) is 4.41. The van der Waals surface area contributed by atoms with Crippen LogP contribution in [0, 0.1) is 0 Å². The van der Waals surface area contributed by atoms with Crippen molar-refractivity contribution in [3.63, 3.8) is 0 Å². The maximum absolute atomic E-state index is 11.9. The summed E-state index contributed by atoms with van der Waals surface area (Å²) in [5.74, 6) is -2.98. The Balaban J connectivity index is 2.97. The van der Waals surface area contributed by atoms with Crippen molar-refractivity contribution in [2.24, 2.45) is 0 Å². The van der Waals surface area contributed by atoms with Crippen molar-refractivity contribution in [2.45, 2.75) is 0 Å². The van der Waals surface area contributed by atoms with Crippen LogP contribution in [-0.4, -0.2) is 34.2 Å². The van der Waals surface area contributed by atoms with Crippen LogP contribution in [0.15, 0.2) is 27.5 Å². The number of nitrogens with one attached hydrogen (secondary N) is 1. The molecular weight excluding hydrogens is 372 g/mol. The fourth-order valence-corrected chi connectivity index (χ4v) is 2.70. The molecule has 1 heterocycles. The molecule has 9 heteroatoms. The van der Waals surface area contributed by atoms with Crippen LogP contribution in [0.3, 0.4) is 0 Å². The van der Waals surface area contributed by atoms with Crippen LogP contribution in [0.1, 0.15) is 20.7 Å². The van der Waals surface area contributed by atoms with E-state index in [1.165, 1.54) is 25.3 Å². The summed E-state index contributed by atoms with van der Waals surface area (Å²) in [7, 11) is 1.44. The fraction of sp³-hybridized carbons (Fsp3) is 0.0714. The van der Waals surface area contributed by atoms with E-state index in [0.29, 0.717) is 10.2 Å². The van der Waals surface area contributed by atoms with Crippen molar-refractivity contribution < 1.29 is 24.5 Å². The third-order valence-corrected chi connectivity index (χ3v) is 3.77. The summed E-state index contributed by atoms with van der Waals surface area (Å²) in [6, 6.07) is 4.47. The molecule has 0 fully saturated rings. The Bertz CT molecular complexity index is 874. The summed E-state index contributed by atoms with van der Waals surface area (Å²) in [6.45, 7) is 0. The Morgan fingerprint density at radius 1 is 1.22 bits per heavy atom. The summed E-state index contributed by atoms with van der Waals surface area (Å²) in [5.41, 5.74) is 3.30. The van der Waals surface area contributed by atoms with Gasteiger partial charge in [-0.05, 0) is 23.8 Å². The van der Waals surface area contributed by atoms with Crippen LogP contribution in [0.2, 0.25) is 0 Å². The molecule has 0 amide bonds. The number of carboxylic acids is 2. The average Bonchev–Trinajstić information content (AvgIpc) is 2.45. The molecule has 0 saturated heterocycles. The number of carbonyl (C=O) groups is 2. The third-order valence-electron chi connectivity index (χ3n) is 3.12. The first-order valence-electron chi connectivity index (χ1n) is 6.14. The zero-order valence-electron chi connectivity index (χ0n) is 11.7. The topological polar surface area (TPSA) is 143 Å². The zero-order valence-corrected chi connectivity index (χ0v) is 13.3. The monoisotopic (exact) mass is 382 g/mol. The summed E-state index contributed by atoms with van der Waals surface area (Å²) in [5, 5.41) is 18.7. The van der Waals surface area contributed by atoms with Gasteiger partial charge in [0.05, 0.1) is 7.11 Å². The largest absolute Gasteiger partial charge is 0.497 e. The third kappa shape index (κ3) is 2.90. The Morgan fingerprint density at radius 3 is 2.30 bits per heavy atom. The normalized spacial score (nSPS) is 10.3. The molecular formula is C14H11BrN2O6. The van der Waals surface area contributed by atoms with E-state index in [4.69, 9.17) is 10.5 Å². The number of ether oxygens (including phenoxy) is 1. The van der Waals surface area contributed by atoms with E-state index in [-0.39, 0.29) is 11.1 Å². The molecule has 0 saturated carbocycles. The van der Waals surface area contributed by atoms with E-state index in [0.717, 1.165) is 0 Å². The highest BCUT2D eigenvalue weighted by Gasteiger charge is 2.27. The van der Waals surface area contributed by atoms with Gasteiger partial charge < -0.3 is 25.7 Å². The molecule has 0 atom stereocenters. The number of halogens is 1. The lowest BCUT2D eigenvalue weighted by atomic mass is 9.95. The van der Waals surface area contributed by atoms with Crippen molar-refractivity contribution in [1.82, 2.24) is 4.98 Å². The molecule has 0 aliphatic heterocycles. The molecule has 0 aliphatic rings. The van der Waals surface area contributed by atoms with Crippen molar-refractivity contribution in [2.75, 3.05) is 12.8 Å². The van der Waals surface area contributed by atoms with Gasteiger partial charge in [0.1, 0.15) is 22.7 Å². The van der Waals surface area contributed by atoms with Crippen LogP contribution in [-0.2, 0) is 0 Å². The van der Waals surface area contributed by atoms with Gasteiger partial charge in [-0.15, -0.1) is 0 Å². The number of hydrogen-bond donors (Lipinski definition) is 4. The first-order chi connectivity index (χ1) is 10.8. The molecule has 0 aliphatic carbocycles. The van der Waals surface area contributed by atoms with Gasteiger partial charge in [-0.3, -0.25) is 4.79 Å². The van der Waals surface area contributed by atoms with E-state index < -0.39 is 34.4 Å². The number of aromatic nitrogens is 1. The van der Waals surface area contributed by atoms with Gasteiger partial charge in [0, 0.05) is 10.0 Å². The second kappa shape index (κ2) is 6.13. The minimum absolute atomic E-state index is 0.193. The van der Waals surface area contributed by atoms with Crippen LogP contribution < -0.4 is 16.0 Å². The quantitative estimate of drug-likeness (QED) is 0.630. The molecule has 1 aromatic carbocycles. The molecule has 0 unspecified atom stereocenters. The maximum atomic E-state index is 11.9. The summed E-state index contributed by atoms with van der Waals surface area (Å²) in [4.78, 5) is 36.9. The molecule has 2 rings (SSSR count). The average molecular weight is 383 g/mol. The number of nitrogens with two attached hydrogens (primary N) is 1. The highest BCUT2D eigenvalue weighted by molar-refractivity contribution is 9.10. The number of rotatable bonds is 4. The van der Waals surface area contributed by atoms with Crippen LogP contribution in [0.25, 0.3) is 11.1 Å². The number of hydrogen-bond acceptors (Lipinski definition) is 5. The minimum Gasteiger partial charge on any atom is -0.497 e. The van der Waals surface area contributed by atoms with Crippen LogP contribution >= 0.6 is 15.9 Å². The number of nitrogen functional groups attached to an aromatic ring is 1. The molecule has 0 spiro atoms. The molecule has 1 aromatic heterocycles. The van der Waals surface area contributed by atoms with E-state index >= 15 is 0 Å². The molecule has 23 heavy (non-hydrogen) atoms. The molecule has 2 aromatic rings. The van der Waals surface area contributed by atoms with Crippen LogP contribution in [0.5, 0.6) is 5.75 Å². The van der Waals surface area contributed by atoms with E-state index in [9.17, 15) is 24.6 Å². The molecule has 120 valence electrons. The van der Waals surface area contributed by atoms with Crippen LogP contribution in [0.4, 0.5) is 5.82 Å². The maximum Gasteiger partial charge on any atom is 0.342 e. The van der Waals surface area contributed by atoms with Crippen molar-refractivity contribution >= 4 is 33.7 Å². The summed E-state index contributed by atoms with van der Waals surface area (Å²) < 4.78 is 5.39. The Morgan fingerprint density at radius 2 is 1.83 bits per heavy atom. The lowest BCUT2D eigenvalue weighted by Gasteiger charge is -2.14. The number of methoxy groups -OCH3 is 1. The number of H-pyrrole nitrogens is 1. The van der Waals surface area contributed by atoms with Gasteiger partial charge in [0.2, 0.25) is 0 Å². The van der Waals surface area contributed by atoms with Gasteiger partial charge in [-0.25, -0.2) is 9.59 Å². The molecule has 8 nitrogen and oxygen atoms in total. The smallest absolute Gasteiger partial charge is 0.342 e. The van der Waals surface area contributed by atoms with E-state index in [1.54, 1.807) is 0 Å². The number of aromatic amines is 1. The lowest BCUT2D eigenvalue weighted by Crippen LogP contribution is -2.24. The van der Waals surface area contributed by atoms with Gasteiger partial charge in [-0.1, -0.05) is 15.9 Å². The lowest BCUT2D eigenvalue weighted by molar-refractivity contribution is 0.0695. The molecule has 0 radical (unpaired) electrons. The minimum atomic E-state index is -1.56. The first kappa shape index (κ1) is 16.6. The van der Waals surface area contributed by atoms with E-state index in [2.05, 4.69) is 15.9 Å². The highest BCUT2D eigenvalue weighted by atomic mass is 79.9. The van der Waals surface area contributed by atoms with Gasteiger partial charge in [-0.2, -0.15) is 0 Å². The van der Waals surface area contributed by atoms with Gasteiger partial charge in [0.25, 0.3) is 5.56 Å². The van der Waals surface area contributed by atoms with Crippen molar-refractivity contribution in [1.29, 1.82) is 0 Å². The standard InChI is InChI=1S/C14H11BrN2O6/c1-23-5-2-3-6(7(15)4-5)8-9(13(19)20)11(16)17-12(18)10(8)14(21)22/h2-4H,1H3,(H,19,20)(H,21,22)(H3,16,17,18). The SMILES string of the molecule is COc1ccc(-c2c(C(=O)O)c(N)[nH]c(=O)c2C(=O)O)c(Br)c1. The predicted molar refractivity (Wildman–Crippen MR) is 85.1 cm³/mol. The Hall–Kier alpha value is -2.81. The number of carboxylic acid groups (broad SMARTS) is 2. The fourth-order valence-electron chi connectivity index (χ4n) is 2.14. The second-order valence-corrected chi connectivity index (χ2v) is 5.30. The zero-order chi connectivity index (χ0) is 17.3. The van der Waals surface area contributed by atoms with Gasteiger partial charge in [0.15, 0.2) is 0 Å². The second-order valence-electron chi connectivity index (χ2n) is 4.45. The predicted octanol–water partition coefficient (Wildman–Crippen LogP) is 1.79.